The molecule has 142 valence electrons. The number of piperazine rings is 1. The Morgan fingerprint density at radius 2 is 1.81 bits per heavy atom. The number of nitro benzene ring substituents is 1. The molecule has 2 amide bonds. The first-order valence-electron chi connectivity index (χ1n) is 9.10. The van der Waals surface area contributed by atoms with Gasteiger partial charge in [-0.05, 0) is 25.0 Å². The molecule has 0 atom stereocenters. The number of hydrogen-bond donors (Lipinski definition) is 1. The number of amides is 2. The van der Waals surface area contributed by atoms with Crippen LogP contribution in [0.25, 0.3) is 0 Å². The van der Waals surface area contributed by atoms with Crippen LogP contribution in [0, 0.1) is 17.0 Å². The van der Waals surface area contributed by atoms with Crippen molar-refractivity contribution < 1.29 is 9.72 Å². The van der Waals surface area contributed by atoms with E-state index in [1.807, 2.05) is 18.2 Å². The highest BCUT2D eigenvalue weighted by atomic mass is 16.6. The predicted octanol–water partition coefficient (Wildman–Crippen LogP) is 3.30. The van der Waals surface area contributed by atoms with Crippen LogP contribution < -0.4 is 5.32 Å². The number of carbonyl (C=O) groups excluding carboxylic acids is 1. The molecule has 1 N–H and O–H groups in total. The van der Waals surface area contributed by atoms with Gasteiger partial charge in [-0.3, -0.25) is 15.0 Å². The molecule has 1 heterocycles. The summed E-state index contributed by atoms with van der Waals surface area (Å²) in [4.78, 5) is 27.2. The van der Waals surface area contributed by atoms with E-state index in [0.717, 1.165) is 26.1 Å². The minimum absolute atomic E-state index is 0.0125. The van der Waals surface area contributed by atoms with Crippen molar-refractivity contribution in [2.45, 2.75) is 13.3 Å². The SMILES string of the molecule is Cc1ccc(NC(=O)N2CCN(CCc3ccccc3)CC2)cc1[N+](=O)[O-]. The lowest BCUT2D eigenvalue weighted by Crippen LogP contribution is -2.50. The summed E-state index contributed by atoms with van der Waals surface area (Å²) in [7, 11) is 0. The summed E-state index contributed by atoms with van der Waals surface area (Å²) in [5.74, 6) is 0. The van der Waals surface area contributed by atoms with Gasteiger partial charge in [0.2, 0.25) is 0 Å². The Morgan fingerprint density at radius 3 is 2.48 bits per heavy atom. The van der Waals surface area contributed by atoms with Crippen molar-refractivity contribution in [2.75, 3.05) is 38.0 Å². The fourth-order valence-corrected chi connectivity index (χ4v) is 3.19. The normalized spacial score (nSPS) is 14.8. The van der Waals surface area contributed by atoms with Gasteiger partial charge in [0.1, 0.15) is 0 Å². The lowest BCUT2D eigenvalue weighted by molar-refractivity contribution is -0.385. The lowest BCUT2D eigenvalue weighted by atomic mass is 10.1. The first kappa shape index (κ1) is 18.8. The summed E-state index contributed by atoms with van der Waals surface area (Å²) in [5.41, 5.74) is 2.35. The van der Waals surface area contributed by atoms with Crippen LogP contribution >= 0.6 is 0 Å². The van der Waals surface area contributed by atoms with Crippen LogP contribution in [0.1, 0.15) is 11.1 Å². The van der Waals surface area contributed by atoms with Crippen LogP contribution in [0.2, 0.25) is 0 Å². The average Bonchev–Trinajstić information content (AvgIpc) is 2.69. The average molecular weight is 368 g/mol. The van der Waals surface area contributed by atoms with Gasteiger partial charge in [-0.1, -0.05) is 36.4 Å². The highest BCUT2D eigenvalue weighted by Crippen LogP contribution is 2.22. The first-order chi connectivity index (χ1) is 13.0. The lowest BCUT2D eigenvalue weighted by Gasteiger charge is -2.34. The first-order valence-corrected chi connectivity index (χ1v) is 9.10. The van der Waals surface area contributed by atoms with Gasteiger partial charge >= 0.3 is 6.03 Å². The van der Waals surface area contributed by atoms with Gasteiger partial charge in [-0.15, -0.1) is 0 Å². The van der Waals surface area contributed by atoms with Gasteiger partial charge in [0.15, 0.2) is 0 Å². The van der Waals surface area contributed by atoms with Gasteiger partial charge in [-0.25, -0.2) is 4.79 Å². The van der Waals surface area contributed by atoms with Crippen molar-refractivity contribution in [1.29, 1.82) is 0 Å². The Kier molecular flexibility index (Phi) is 6.03. The third-order valence-corrected chi connectivity index (χ3v) is 4.88. The number of anilines is 1. The van der Waals surface area contributed by atoms with E-state index in [-0.39, 0.29) is 11.7 Å². The van der Waals surface area contributed by atoms with E-state index in [0.29, 0.717) is 24.3 Å². The number of aryl methyl sites for hydroxylation is 1. The minimum Gasteiger partial charge on any atom is -0.322 e. The molecule has 0 bridgehead atoms. The van der Waals surface area contributed by atoms with Gasteiger partial charge in [0, 0.05) is 50.0 Å². The second kappa shape index (κ2) is 8.64. The van der Waals surface area contributed by atoms with Gasteiger partial charge in [0.05, 0.1) is 4.92 Å². The maximum atomic E-state index is 12.4. The molecule has 0 saturated carbocycles. The molecule has 1 aliphatic heterocycles. The Morgan fingerprint density at radius 1 is 1.11 bits per heavy atom. The number of hydrogen-bond acceptors (Lipinski definition) is 4. The molecule has 2 aromatic carbocycles. The molecular formula is C20H24N4O3. The smallest absolute Gasteiger partial charge is 0.321 e. The van der Waals surface area contributed by atoms with Crippen LogP contribution in [-0.4, -0.2) is 53.5 Å². The zero-order valence-corrected chi connectivity index (χ0v) is 15.4. The number of nitrogens with one attached hydrogen (secondary N) is 1. The van der Waals surface area contributed by atoms with Crippen molar-refractivity contribution in [1.82, 2.24) is 9.80 Å². The molecule has 7 heteroatoms. The summed E-state index contributed by atoms with van der Waals surface area (Å²) in [6.45, 7) is 5.60. The Balaban J connectivity index is 1.48. The molecule has 1 fully saturated rings. The second-order valence-corrected chi connectivity index (χ2v) is 6.75. The van der Waals surface area contributed by atoms with Crippen LogP contribution in [0.3, 0.4) is 0 Å². The largest absolute Gasteiger partial charge is 0.322 e. The molecule has 0 radical (unpaired) electrons. The number of benzene rings is 2. The number of nitrogens with zero attached hydrogens (tertiary/aromatic N) is 3. The highest BCUT2D eigenvalue weighted by molar-refractivity contribution is 5.89. The summed E-state index contributed by atoms with van der Waals surface area (Å²) < 4.78 is 0. The summed E-state index contributed by atoms with van der Waals surface area (Å²) in [6, 6.07) is 14.9. The molecule has 2 aromatic rings. The highest BCUT2D eigenvalue weighted by Gasteiger charge is 2.21. The molecule has 0 unspecified atom stereocenters. The third kappa shape index (κ3) is 5.04. The van der Waals surface area contributed by atoms with Crippen LogP contribution in [-0.2, 0) is 6.42 Å². The minimum atomic E-state index is -0.434. The van der Waals surface area contributed by atoms with Crippen LogP contribution in [0.4, 0.5) is 16.2 Å². The number of urea groups is 1. The topological polar surface area (TPSA) is 78.7 Å². The Labute approximate surface area is 158 Å². The molecular weight excluding hydrogens is 344 g/mol. The fraction of sp³-hybridized carbons (Fsp3) is 0.350. The number of rotatable bonds is 5. The molecule has 0 aromatic heterocycles. The van der Waals surface area contributed by atoms with Crippen molar-refractivity contribution in [2.24, 2.45) is 0 Å². The molecule has 1 saturated heterocycles. The van der Waals surface area contributed by atoms with Gasteiger partial charge < -0.3 is 10.2 Å². The summed E-state index contributed by atoms with van der Waals surface area (Å²) >= 11 is 0. The third-order valence-electron chi connectivity index (χ3n) is 4.88. The van der Waals surface area contributed by atoms with E-state index in [1.165, 1.54) is 11.6 Å². The quantitative estimate of drug-likeness (QED) is 0.649. The Hall–Kier alpha value is -2.93. The van der Waals surface area contributed by atoms with E-state index in [1.54, 1.807) is 24.0 Å². The van der Waals surface area contributed by atoms with Crippen molar-refractivity contribution in [3.8, 4) is 0 Å². The standard InChI is InChI=1S/C20H24N4O3/c1-16-7-8-18(15-19(16)24(26)27)21-20(25)23-13-11-22(12-14-23)10-9-17-5-3-2-4-6-17/h2-8,15H,9-14H2,1H3,(H,21,25). The van der Waals surface area contributed by atoms with Crippen LogP contribution in [0.5, 0.6) is 0 Å². The van der Waals surface area contributed by atoms with Crippen molar-refractivity contribution in [3.05, 3.63) is 69.8 Å². The zero-order chi connectivity index (χ0) is 19.2. The number of carbonyl (C=O) groups is 1. The van der Waals surface area contributed by atoms with Crippen molar-refractivity contribution in [3.63, 3.8) is 0 Å². The van der Waals surface area contributed by atoms with Crippen LogP contribution in [0.15, 0.2) is 48.5 Å². The summed E-state index contributed by atoms with van der Waals surface area (Å²) in [5, 5.41) is 13.8. The monoisotopic (exact) mass is 368 g/mol. The molecule has 3 rings (SSSR count). The predicted molar refractivity (Wildman–Crippen MR) is 105 cm³/mol. The maximum Gasteiger partial charge on any atom is 0.321 e. The van der Waals surface area contributed by atoms with Crippen molar-refractivity contribution >= 4 is 17.4 Å². The summed E-state index contributed by atoms with van der Waals surface area (Å²) in [6.07, 6.45) is 1.00. The Bertz CT molecular complexity index is 802. The molecule has 1 aliphatic rings. The maximum absolute atomic E-state index is 12.4. The molecule has 7 nitrogen and oxygen atoms in total. The van der Waals surface area contributed by atoms with E-state index < -0.39 is 4.92 Å². The fourth-order valence-electron chi connectivity index (χ4n) is 3.19. The second-order valence-electron chi connectivity index (χ2n) is 6.75. The van der Waals surface area contributed by atoms with E-state index in [9.17, 15) is 14.9 Å². The van der Waals surface area contributed by atoms with E-state index in [4.69, 9.17) is 0 Å². The van der Waals surface area contributed by atoms with E-state index >= 15 is 0 Å². The van der Waals surface area contributed by atoms with E-state index in [2.05, 4.69) is 22.3 Å². The molecule has 0 spiro atoms. The van der Waals surface area contributed by atoms with Gasteiger partial charge in [0.25, 0.3) is 5.69 Å². The molecule has 0 aliphatic carbocycles. The molecule has 27 heavy (non-hydrogen) atoms. The van der Waals surface area contributed by atoms with Gasteiger partial charge in [-0.2, -0.15) is 0 Å². The zero-order valence-electron chi connectivity index (χ0n) is 15.4. The number of nitro groups is 1.